The van der Waals surface area contributed by atoms with Crippen LogP contribution in [0.5, 0.6) is 0 Å². The lowest BCUT2D eigenvalue weighted by molar-refractivity contribution is -0.0587. The Bertz CT molecular complexity index is 667. The molecule has 4 aliphatic rings. The number of ether oxygens (including phenoxy) is 1. The van der Waals surface area contributed by atoms with Crippen molar-refractivity contribution < 1.29 is 9.53 Å². The molecule has 1 N–H and O–H groups in total. The highest BCUT2D eigenvalue weighted by molar-refractivity contribution is 5.96. The van der Waals surface area contributed by atoms with Crippen molar-refractivity contribution in [1.29, 1.82) is 0 Å². The highest BCUT2D eigenvalue weighted by atomic mass is 16.5. The topological polar surface area (TPSA) is 58.2 Å². The number of nitrogens with one attached hydrogen (secondary N) is 1. The zero-order valence-electron chi connectivity index (χ0n) is 11.6. The summed E-state index contributed by atoms with van der Waals surface area (Å²) in [6.07, 6.45) is 3.49. The minimum absolute atomic E-state index is 0.0596. The van der Waals surface area contributed by atoms with Crippen LogP contribution in [0.2, 0.25) is 0 Å². The fraction of sp³-hybridized carbons (Fsp3) is 0.600. The van der Waals surface area contributed by atoms with Crippen molar-refractivity contribution in [2.24, 2.45) is 5.92 Å². The summed E-state index contributed by atoms with van der Waals surface area (Å²) in [6, 6.07) is 0. The van der Waals surface area contributed by atoms with Crippen LogP contribution in [0.15, 0.2) is 11.6 Å². The fourth-order valence-corrected chi connectivity index (χ4v) is 4.19. The molecule has 1 spiro atoms. The van der Waals surface area contributed by atoms with Crippen LogP contribution in [0.3, 0.4) is 0 Å². The van der Waals surface area contributed by atoms with Gasteiger partial charge in [-0.15, -0.1) is 0 Å². The number of rotatable bonds is 1. The Labute approximate surface area is 117 Å². The number of fused-ring (bicyclic) bond motifs is 2. The fourth-order valence-electron chi connectivity index (χ4n) is 4.19. The number of hydrogen-bond acceptors (Lipinski definition) is 3. The Morgan fingerprint density at radius 3 is 2.90 bits per heavy atom. The lowest BCUT2D eigenvalue weighted by Gasteiger charge is -2.35. The molecule has 5 nitrogen and oxygen atoms in total. The van der Waals surface area contributed by atoms with Gasteiger partial charge in [0.2, 0.25) is 0 Å². The van der Waals surface area contributed by atoms with Gasteiger partial charge in [-0.05, 0) is 20.3 Å². The molecule has 4 atom stereocenters. The normalized spacial score (nSPS) is 39.8. The summed E-state index contributed by atoms with van der Waals surface area (Å²) in [6.45, 7) is 5.34. The van der Waals surface area contributed by atoms with Gasteiger partial charge in [0, 0.05) is 24.6 Å². The summed E-state index contributed by atoms with van der Waals surface area (Å²) in [5.41, 5.74) is 4.77. The second-order valence-corrected chi connectivity index (χ2v) is 6.62. The van der Waals surface area contributed by atoms with Gasteiger partial charge >= 0.3 is 0 Å². The molecule has 0 radical (unpaired) electrons. The van der Waals surface area contributed by atoms with Gasteiger partial charge in [0.15, 0.2) is 5.69 Å². The molecule has 3 aliphatic carbocycles. The summed E-state index contributed by atoms with van der Waals surface area (Å²) in [5, 5.41) is 7.44. The molecule has 5 rings (SSSR count). The van der Waals surface area contributed by atoms with Crippen molar-refractivity contribution in [1.82, 2.24) is 15.1 Å². The molecule has 1 aromatic rings. The van der Waals surface area contributed by atoms with Crippen LogP contribution in [0.1, 0.15) is 35.6 Å². The average molecular weight is 271 g/mol. The SMILES string of the molecule is C[C@@H]1CN(C(=O)c2n[nH]c3c2C[C@H]2C4=C[C@@]432)C[C@H](C)O1. The van der Waals surface area contributed by atoms with E-state index in [9.17, 15) is 4.79 Å². The zero-order valence-corrected chi connectivity index (χ0v) is 11.6. The first-order valence-corrected chi connectivity index (χ1v) is 7.37. The molecule has 1 amide bonds. The highest BCUT2D eigenvalue weighted by Gasteiger charge is 2.75. The van der Waals surface area contributed by atoms with E-state index in [0.29, 0.717) is 24.7 Å². The largest absolute Gasteiger partial charge is 0.372 e. The van der Waals surface area contributed by atoms with E-state index in [4.69, 9.17) is 4.74 Å². The van der Waals surface area contributed by atoms with Gasteiger partial charge in [-0.25, -0.2) is 0 Å². The summed E-state index contributed by atoms with van der Waals surface area (Å²) >= 11 is 0. The highest BCUT2D eigenvalue weighted by Crippen LogP contribution is 2.77. The van der Waals surface area contributed by atoms with Gasteiger partial charge in [-0.3, -0.25) is 9.89 Å². The smallest absolute Gasteiger partial charge is 0.274 e. The number of aromatic nitrogens is 2. The maximum Gasteiger partial charge on any atom is 0.274 e. The number of allylic oxidation sites excluding steroid dienone is 2. The van der Waals surface area contributed by atoms with Crippen LogP contribution in [-0.4, -0.2) is 46.3 Å². The van der Waals surface area contributed by atoms with Crippen molar-refractivity contribution >= 4 is 5.91 Å². The van der Waals surface area contributed by atoms with Crippen LogP contribution in [0.4, 0.5) is 0 Å². The third kappa shape index (κ3) is 1.14. The molecule has 2 fully saturated rings. The Hall–Kier alpha value is -1.62. The van der Waals surface area contributed by atoms with E-state index in [-0.39, 0.29) is 23.5 Å². The third-order valence-corrected chi connectivity index (χ3v) is 5.22. The molecule has 0 bridgehead atoms. The predicted octanol–water partition coefficient (Wildman–Crippen LogP) is 1.02. The van der Waals surface area contributed by atoms with E-state index in [1.807, 2.05) is 18.7 Å². The first kappa shape index (κ1) is 11.1. The Balaban J connectivity index is 1.45. The molecule has 20 heavy (non-hydrogen) atoms. The lowest BCUT2D eigenvalue weighted by atomic mass is 10.1. The summed E-state index contributed by atoms with van der Waals surface area (Å²) in [7, 11) is 0. The van der Waals surface area contributed by atoms with Gasteiger partial charge in [0.05, 0.1) is 23.3 Å². The average Bonchev–Trinajstić information content (AvgIpc) is 3.16. The first-order chi connectivity index (χ1) is 9.61. The second-order valence-electron chi connectivity index (χ2n) is 6.62. The standard InChI is InChI=1S/C15H17N3O2/c1-7-5-18(6-8(2)20-7)14(19)12-9-3-10-11-4-15(10,11)13(9)17-16-12/h4,7-8,10H,3,5-6H2,1-2H3,(H,16,17)/t7-,8+,10-,15+/m0/s1. The van der Waals surface area contributed by atoms with E-state index in [2.05, 4.69) is 16.3 Å². The number of morpholine rings is 1. The van der Waals surface area contributed by atoms with Crippen LogP contribution in [0, 0.1) is 5.92 Å². The van der Waals surface area contributed by atoms with E-state index >= 15 is 0 Å². The molecule has 1 saturated carbocycles. The number of aromatic amines is 1. The van der Waals surface area contributed by atoms with Crippen molar-refractivity contribution in [3.8, 4) is 0 Å². The van der Waals surface area contributed by atoms with Gasteiger partial charge in [-0.2, -0.15) is 5.10 Å². The van der Waals surface area contributed by atoms with E-state index in [0.717, 1.165) is 12.0 Å². The molecule has 1 aromatic heterocycles. The molecule has 0 unspecified atom stereocenters. The summed E-state index contributed by atoms with van der Waals surface area (Å²) in [4.78, 5) is 14.6. The van der Waals surface area contributed by atoms with Crippen molar-refractivity contribution in [2.75, 3.05) is 13.1 Å². The monoisotopic (exact) mass is 271 g/mol. The quantitative estimate of drug-likeness (QED) is 0.776. The van der Waals surface area contributed by atoms with Crippen LogP contribution in [0.25, 0.3) is 0 Å². The van der Waals surface area contributed by atoms with E-state index in [1.165, 1.54) is 5.69 Å². The maximum absolute atomic E-state index is 12.7. The third-order valence-electron chi connectivity index (χ3n) is 5.22. The molecule has 104 valence electrons. The van der Waals surface area contributed by atoms with Crippen molar-refractivity contribution in [3.63, 3.8) is 0 Å². The maximum atomic E-state index is 12.7. The van der Waals surface area contributed by atoms with E-state index in [1.54, 1.807) is 5.57 Å². The summed E-state index contributed by atoms with van der Waals surface area (Å²) in [5.74, 6) is 0.741. The van der Waals surface area contributed by atoms with E-state index < -0.39 is 0 Å². The minimum atomic E-state index is 0.0596. The number of nitrogens with zero attached hydrogens (tertiary/aromatic N) is 2. The molecule has 0 aromatic carbocycles. The van der Waals surface area contributed by atoms with Gasteiger partial charge < -0.3 is 9.64 Å². The number of hydrogen-bond donors (Lipinski definition) is 1. The van der Waals surface area contributed by atoms with Crippen LogP contribution < -0.4 is 0 Å². The Kier molecular flexibility index (Phi) is 1.75. The first-order valence-electron chi connectivity index (χ1n) is 7.37. The summed E-state index contributed by atoms with van der Waals surface area (Å²) < 4.78 is 5.69. The number of H-pyrrole nitrogens is 1. The molecule has 5 heteroatoms. The van der Waals surface area contributed by atoms with Gasteiger partial charge in [-0.1, -0.05) is 11.6 Å². The second kappa shape index (κ2) is 3.17. The Morgan fingerprint density at radius 1 is 1.45 bits per heavy atom. The zero-order chi connectivity index (χ0) is 13.6. The number of amides is 1. The van der Waals surface area contributed by atoms with Crippen molar-refractivity contribution in [2.45, 2.75) is 37.9 Å². The number of carbonyl (C=O) groups excluding carboxylic acids is 1. The number of carbonyl (C=O) groups is 1. The Morgan fingerprint density at radius 2 is 2.20 bits per heavy atom. The molecular weight excluding hydrogens is 254 g/mol. The molecule has 2 heterocycles. The molecule has 1 saturated heterocycles. The van der Waals surface area contributed by atoms with Gasteiger partial charge in [0.25, 0.3) is 5.91 Å². The predicted molar refractivity (Wildman–Crippen MR) is 71.5 cm³/mol. The lowest BCUT2D eigenvalue weighted by Crippen LogP contribution is -2.48. The van der Waals surface area contributed by atoms with Crippen LogP contribution in [-0.2, 0) is 16.6 Å². The minimum Gasteiger partial charge on any atom is -0.372 e. The van der Waals surface area contributed by atoms with Crippen LogP contribution >= 0.6 is 0 Å². The van der Waals surface area contributed by atoms with Crippen molar-refractivity contribution in [3.05, 3.63) is 28.6 Å². The molecule has 1 aliphatic heterocycles. The van der Waals surface area contributed by atoms with Gasteiger partial charge in [0.1, 0.15) is 0 Å². The molecular formula is C15H17N3O2.